The van der Waals surface area contributed by atoms with E-state index in [1.807, 2.05) is 11.8 Å². The lowest BCUT2D eigenvalue weighted by Crippen LogP contribution is -2.17. The average molecular weight is 696 g/mol. The summed E-state index contributed by atoms with van der Waals surface area (Å²) >= 11 is 2.01. The summed E-state index contributed by atoms with van der Waals surface area (Å²) in [5, 5.41) is 12.2. The van der Waals surface area contributed by atoms with Gasteiger partial charge in [-0.25, -0.2) is 0 Å². The first kappa shape index (κ1) is 30.8. The van der Waals surface area contributed by atoms with Crippen molar-refractivity contribution in [3.8, 4) is 22.3 Å². The topological polar surface area (TPSA) is 12.0 Å². The van der Waals surface area contributed by atoms with Crippen molar-refractivity contribution in [3.63, 3.8) is 0 Å². The maximum atomic E-state index is 4.09. The Bertz CT molecular complexity index is 2860. The van der Waals surface area contributed by atoms with Gasteiger partial charge in [-0.05, 0) is 95.0 Å². The van der Waals surface area contributed by atoms with Crippen molar-refractivity contribution in [2.45, 2.75) is 35.3 Å². The molecule has 0 spiro atoms. The fourth-order valence-corrected chi connectivity index (χ4v) is 11.0. The predicted octanol–water partition coefficient (Wildman–Crippen LogP) is 14.1. The minimum atomic E-state index is -0.181. The lowest BCUT2D eigenvalue weighted by atomic mass is 9.79. The molecule has 252 valence electrons. The predicted molar refractivity (Wildman–Crippen MR) is 228 cm³/mol. The summed E-state index contributed by atoms with van der Waals surface area (Å²) in [4.78, 5) is 1.39. The van der Waals surface area contributed by atoms with Crippen LogP contribution in [-0.4, -0.2) is 5.25 Å². The molecule has 2 aliphatic carbocycles. The van der Waals surface area contributed by atoms with Crippen LogP contribution in [0.5, 0.6) is 0 Å². The molecule has 1 N–H and O–H groups in total. The van der Waals surface area contributed by atoms with Crippen molar-refractivity contribution < 1.29 is 0 Å². The van der Waals surface area contributed by atoms with Crippen molar-refractivity contribution >= 4 is 61.0 Å². The van der Waals surface area contributed by atoms with Gasteiger partial charge in [0.15, 0.2) is 0 Å². The molecule has 0 aromatic heterocycles. The Morgan fingerprint density at radius 1 is 0.547 bits per heavy atom. The van der Waals surface area contributed by atoms with Gasteiger partial charge in [-0.2, -0.15) is 0 Å². The number of thioether (sulfide) groups is 1. The van der Waals surface area contributed by atoms with Crippen molar-refractivity contribution in [1.82, 2.24) is 0 Å². The van der Waals surface area contributed by atoms with Crippen LogP contribution in [0.2, 0.25) is 0 Å². The summed E-state index contributed by atoms with van der Waals surface area (Å²) in [5.74, 6) is 0.294. The number of hydrogen-bond donors (Lipinski definition) is 1. The first-order valence-corrected chi connectivity index (χ1v) is 19.5. The van der Waals surface area contributed by atoms with E-state index in [9.17, 15) is 0 Å². The SMILES string of the molecule is CC1(C)c2ccccc2-c2ccc(-c3cccc(C4C=CC=C5c6ccccc6SC54)c3)c(Nc3ccc4c5ccccc5c5ccccc5c4c3)c21. The summed E-state index contributed by atoms with van der Waals surface area (Å²) in [7, 11) is 0. The molecule has 2 unspecified atom stereocenters. The Kier molecular flexibility index (Phi) is 6.73. The van der Waals surface area contributed by atoms with Crippen LogP contribution in [0.1, 0.15) is 42.0 Å². The number of fused-ring (bicyclic) bond motifs is 12. The molecule has 0 bridgehead atoms. The summed E-state index contributed by atoms with van der Waals surface area (Å²) < 4.78 is 0. The summed E-state index contributed by atoms with van der Waals surface area (Å²) in [6, 6.07) is 56.5. The average Bonchev–Trinajstić information content (AvgIpc) is 3.70. The largest absolute Gasteiger partial charge is 0.355 e. The van der Waals surface area contributed by atoms with E-state index in [-0.39, 0.29) is 5.41 Å². The van der Waals surface area contributed by atoms with E-state index < -0.39 is 0 Å². The van der Waals surface area contributed by atoms with E-state index in [0.29, 0.717) is 11.2 Å². The first-order valence-electron chi connectivity index (χ1n) is 18.7. The van der Waals surface area contributed by atoms with E-state index >= 15 is 0 Å². The van der Waals surface area contributed by atoms with E-state index in [4.69, 9.17) is 0 Å². The Morgan fingerprint density at radius 3 is 2.00 bits per heavy atom. The van der Waals surface area contributed by atoms with Crippen LogP contribution < -0.4 is 5.32 Å². The molecule has 8 aromatic rings. The number of benzene rings is 8. The highest BCUT2D eigenvalue weighted by Gasteiger charge is 2.39. The zero-order chi connectivity index (χ0) is 35.3. The molecular weight excluding hydrogens is 659 g/mol. The summed E-state index contributed by atoms with van der Waals surface area (Å²) in [6.07, 6.45) is 6.99. The molecule has 2 atom stereocenters. The normalized spacial score (nSPS) is 17.7. The smallest absolute Gasteiger partial charge is 0.0511 e. The van der Waals surface area contributed by atoms with Gasteiger partial charge in [0.2, 0.25) is 0 Å². The van der Waals surface area contributed by atoms with Crippen LogP contribution in [0.3, 0.4) is 0 Å². The zero-order valence-electron chi connectivity index (χ0n) is 29.7. The van der Waals surface area contributed by atoms with Gasteiger partial charge in [0.25, 0.3) is 0 Å². The highest BCUT2D eigenvalue weighted by Crippen LogP contribution is 2.56. The maximum absolute atomic E-state index is 4.09. The molecule has 2 heteroatoms. The first-order chi connectivity index (χ1) is 26.0. The molecular formula is C51H37NS. The highest BCUT2D eigenvalue weighted by molar-refractivity contribution is 8.01. The lowest BCUT2D eigenvalue weighted by Gasteiger charge is -2.28. The van der Waals surface area contributed by atoms with Crippen LogP contribution in [0.15, 0.2) is 175 Å². The Balaban J connectivity index is 1.08. The van der Waals surface area contributed by atoms with Gasteiger partial charge < -0.3 is 5.32 Å². The quantitative estimate of drug-likeness (QED) is 0.184. The molecule has 0 amide bonds. The second-order valence-electron chi connectivity index (χ2n) is 15.3. The van der Waals surface area contributed by atoms with Crippen LogP contribution in [0.25, 0.3) is 60.1 Å². The molecule has 0 saturated heterocycles. The highest BCUT2D eigenvalue weighted by atomic mass is 32.2. The molecule has 8 aromatic carbocycles. The van der Waals surface area contributed by atoms with Crippen LogP contribution >= 0.6 is 11.8 Å². The Labute approximate surface area is 314 Å². The molecule has 1 aliphatic heterocycles. The molecule has 11 rings (SSSR count). The van der Waals surface area contributed by atoms with Gasteiger partial charge in [0.1, 0.15) is 0 Å². The molecule has 3 aliphatic rings. The number of anilines is 2. The number of nitrogens with one attached hydrogen (secondary N) is 1. The second-order valence-corrected chi connectivity index (χ2v) is 16.4. The molecule has 0 fully saturated rings. The third-order valence-corrected chi connectivity index (χ3v) is 13.4. The van der Waals surface area contributed by atoms with Crippen molar-refractivity contribution in [2.24, 2.45) is 0 Å². The third kappa shape index (κ3) is 4.58. The monoisotopic (exact) mass is 695 g/mol. The fourth-order valence-electron chi connectivity index (χ4n) is 9.57. The van der Waals surface area contributed by atoms with Gasteiger partial charge in [0.05, 0.1) is 5.69 Å². The number of allylic oxidation sites excluding steroid dienone is 3. The minimum Gasteiger partial charge on any atom is -0.355 e. The second kappa shape index (κ2) is 11.6. The maximum Gasteiger partial charge on any atom is 0.0511 e. The van der Waals surface area contributed by atoms with Crippen molar-refractivity contribution in [2.75, 3.05) is 5.32 Å². The molecule has 53 heavy (non-hydrogen) atoms. The number of hydrogen-bond acceptors (Lipinski definition) is 2. The zero-order valence-corrected chi connectivity index (χ0v) is 30.5. The van der Waals surface area contributed by atoms with Gasteiger partial charge in [-0.15, -0.1) is 11.8 Å². The van der Waals surface area contributed by atoms with Gasteiger partial charge >= 0.3 is 0 Å². The Hall–Kier alpha value is -5.83. The lowest BCUT2D eigenvalue weighted by molar-refractivity contribution is 0.662. The van der Waals surface area contributed by atoms with Crippen LogP contribution in [0, 0.1) is 0 Å². The minimum absolute atomic E-state index is 0.181. The molecule has 0 saturated carbocycles. The van der Waals surface area contributed by atoms with Crippen LogP contribution in [-0.2, 0) is 5.41 Å². The Morgan fingerprint density at radius 2 is 1.21 bits per heavy atom. The van der Waals surface area contributed by atoms with Gasteiger partial charge in [0, 0.05) is 32.7 Å². The van der Waals surface area contributed by atoms with E-state index in [2.05, 4.69) is 189 Å². The van der Waals surface area contributed by atoms with Crippen LogP contribution in [0.4, 0.5) is 11.4 Å². The van der Waals surface area contributed by atoms with E-state index in [1.54, 1.807) is 0 Å². The standard InChI is InChI=1S/C51H37NS/c1-51(2)46-23-9-7-19-41(46)43-28-27-34(31-13-11-14-32(29-31)35-21-12-22-44-42-20-8-10-24-47(42)53-50(35)44)49(48(43)51)52-33-25-26-40-38-17-4-3-15-36(38)37-16-5-6-18-39(37)45(40)30-33/h3-30,35,50,52H,1-2H3. The fraction of sp³-hybridized carbons (Fsp3) is 0.0980. The van der Waals surface area contributed by atoms with Crippen molar-refractivity contribution in [3.05, 3.63) is 192 Å². The van der Waals surface area contributed by atoms with E-state index in [0.717, 1.165) is 5.69 Å². The molecule has 1 heterocycles. The molecule has 1 nitrogen and oxygen atoms in total. The van der Waals surface area contributed by atoms with Crippen molar-refractivity contribution in [1.29, 1.82) is 0 Å². The van der Waals surface area contributed by atoms with Gasteiger partial charge in [-0.1, -0.05) is 166 Å². The summed E-state index contributed by atoms with van der Waals surface area (Å²) in [5.41, 5.74) is 14.1. The van der Waals surface area contributed by atoms with Gasteiger partial charge in [-0.3, -0.25) is 0 Å². The third-order valence-electron chi connectivity index (χ3n) is 12.0. The molecule has 0 radical (unpaired) electrons. The summed E-state index contributed by atoms with van der Waals surface area (Å²) in [6.45, 7) is 4.78. The number of rotatable bonds is 4. The van der Waals surface area contributed by atoms with E-state index in [1.165, 1.54) is 93.0 Å².